The molecule has 4 aromatic rings. The lowest BCUT2D eigenvalue weighted by atomic mass is 10.0. The first-order chi connectivity index (χ1) is 24.3. The number of benzene rings is 4. The molecule has 0 amide bonds. The lowest BCUT2D eigenvalue weighted by Crippen LogP contribution is -2.16. The van der Waals surface area contributed by atoms with E-state index in [0.717, 1.165) is 11.1 Å². The highest BCUT2D eigenvalue weighted by Gasteiger charge is 2.31. The zero-order chi connectivity index (χ0) is 38.9. The van der Waals surface area contributed by atoms with Gasteiger partial charge in [-0.15, -0.1) is 26.3 Å². The van der Waals surface area contributed by atoms with Crippen LogP contribution in [-0.2, 0) is 19.1 Å². The van der Waals surface area contributed by atoms with Crippen molar-refractivity contribution < 1.29 is 82.5 Å². The molecule has 53 heavy (non-hydrogen) atoms. The smallest absolute Gasteiger partial charge is 0.481 e. The summed E-state index contributed by atoms with van der Waals surface area (Å²) in [4.78, 5) is 42.3. The number of carboxylic acid groups (broad SMARTS) is 1. The van der Waals surface area contributed by atoms with E-state index in [9.17, 15) is 58.5 Å². The number of aliphatic carboxylic acids is 1. The highest BCUT2D eigenvalue weighted by atomic mass is 19.4. The molecule has 1 aliphatic heterocycles. The standard InChI is InChI=1S/C17H13F3O4.C13H9F3O.C4H4O3.BF3.FH/c18-17(19,20)24-14-7-5-12(6-8-14)11-1-3-13(4-2-11)15(21)9-10-16(22)23;14-13(15,16)17-12-8-6-11(7-9-12)10-4-2-1-3-5-10;5-3-1-2-4(6)7-3;2-1(3)4;/h1-8H,9-10H2,(H,22,23);1-9H;1-2H2;;1H. The lowest BCUT2D eigenvalue weighted by molar-refractivity contribution is -0.275. The van der Waals surface area contributed by atoms with Gasteiger partial charge in [-0.2, -0.15) is 0 Å². The van der Waals surface area contributed by atoms with Gasteiger partial charge in [0.25, 0.3) is 0 Å². The first kappa shape index (κ1) is 45.1. The van der Waals surface area contributed by atoms with Crippen LogP contribution in [0, 0.1) is 0 Å². The summed E-state index contributed by atoms with van der Waals surface area (Å²) in [6, 6.07) is 26.9. The number of carbonyl (C=O) groups excluding carboxylic acids is 3. The average molecular weight is 764 g/mol. The molecule has 1 N–H and O–H groups in total. The number of hydrogen-bond donors (Lipinski definition) is 1. The van der Waals surface area contributed by atoms with Gasteiger partial charge in [-0.05, 0) is 46.5 Å². The summed E-state index contributed by atoms with van der Waals surface area (Å²) in [7, 11) is -3.67. The molecule has 19 heteroatoms. The monoisotopic (exact) mass is 764 g/mol. The van der Waals surface area contributed by atoms with Crippen LogP contribution in [0.5, 0.6) is 11.5 Å². The third kappa shape index (κ3) is 19.4. The highest BCUT2D eigenvalue weighted by Crippen LogP contribution is 2.28. The molecule has 0 aliphatic carbocycles. The summed E-state index contributed by atoms with van der Waals surface area (Å²) < 4.78 is 113. The van der Waals surface area contributed by atoms with Crippen LogP contribution in [-0.4, -0.2) is 49.1 Å². The van der Waals surface area contributed by atoms with Crippen molar-refractivity contribution in [3.8, 4) is 33.8 Å². The molecular weight excluding hydrogens is 737 g/mol. The van der Waals surface area contributed by atoms with E-state index in [-0.39, 0.29) is 47.7 Å². The highest BCUT2D eigenvalue weighted by molar-refractivity contribution is 6.33. The molecule has 4 aromatic carbocycles. The fourth-order valence-electron chi connectivity index (χ4n) is 3.98. The van der Waals surface area contributed by atoms with Crippen molar-refractivity contribution in [2.24, 2.45) is 0 Å². The van der Waals surface area contributed by atoms with E-state index in [1.807, 2.05) is 30.3 Å². The Bertz CT molecular complexity index is 1720. The van der Waals surface area contributed by atoms with Gasteiger partial charge in [-0.1, -0.05) is 78.9 Å². The summed E-state index contributed by atoms with van der Waals surface area (Å²) in [6.45, 7) is 0. The second kappa shape index (κ2) is 21.5. The number of halogens is 10. The quantitative estimate of drug-likeness (QED) is 0.0621. The largest absolute Gasteiger partial charge is 0.762 e. The molecule has 0 radical (unpaired) electrons. The number of carboxylic acids is 1. The Morgan fingerprint density at radius 1 is 0.604 bits per heavy atom. The van der Waals surface area contributed by atoms with Crippen LogP contribution in [0.2, 0.25) is 0 Å². The predicted molar refractivity (Wildman–Crippen MR) is 170 cm³/mol. The van der Waals surface area contributed by atoms with E-state index in [4.69, 9.17) is 5.11 Å². The van der Waals surface area contributed by atoms with Gasteiger partial charge in [0.2, 0.25) is 0 Å². The molecular formula is C34H27BF10O8. The number of esters is 2. The molecule has 0 aromatic heterocycles. The second-order valence-corrected chi connectivity index (χ2v) is 10.00. The Morgan fingerprint density at radius 2 is 0.943 bits per heavy atom. The third-order valence-electron chi connectivity index (χ3n) is 6.15. The van der Waals surface area contributed by atoms with Gasteiger partial charge >= 0.3 is 38.2 Å². The summed E-state index contributed by atoms with van der Waals surface area (Å²) in [5, 5.41) is 8.56. The predicted octanol–water partition coefficient (Wildman–Crippen LogP) is 9.43. The molecule has 0 unspecified atom stereocenters. The fraction of sp³-hybridized carbons (Fsp3) is 0.176. The molecule has 5 rings (SSSR count). The molecule has 0 bridgehead atoms. The number of alkyl halides is 6. The Kier molecular flexibility index (Phi) is 18.3. The number of hydrogen-bond acceptors (Lipinski definition) is 7. The SMILES string of the molecule is F.FB(F)F.FC(F)(F)Oc1ccc(-c2ccccc2)cc1.O=C(O)CCC(=O)c1ccc(-c2ccc(OC(F)(F)F)cc2)cc1.O=C1CCC(=O)O1. The molecule has 1 aliphatic rings. The maximum atomic E-state index is 12.1. The van der Waals surface area contributed by atoms with Crippen molar-refractivity contribution in [3.63, 3.8) is 0 Å². The second-order valence-electron chi connectivity index (χ2n) is 10.00. The van der Waals surface area contributed by atoms with E-state index in [2.05, 4.69) is 14.2 Å². The topological polar surface area (TPSA) is 116 Å². The summed E-state index contributed by atoms with van der Waals surface area (Å²) in [5.74, 6) is -2.64. The zero-order valence-electron chi connectivity index (χ0n) is 26.8. The van der Waals surface area contributed by atoms with Crippen molar-refractivity contribution in [2.75, 3.05) is 0 Å². The summed E-state index contributed by atoms with van der Waals surface area (Å²) in [5.41, 5.74) is 3.56. The first-order valence-corrected chi connectivity index (χ1v) is 14.6. The molecule has 1 saturated heterocycles. The Morgan fingerprint density at radius 3 is 1.25 bits per heavy atom. The van der Waals surface area contributed by atoms with Crippen LogP contribution in [0.25, 0.3) is 22.3 Å². The molecule has 0 saturated carbocycles. The summed E-state index contributed by atoms with van der Waals surface area (Å²) in [6.07, 6.45) is -9.18. The van der Waals surface area contributed by atoms with E-state index in [1.54, 1.807) is 36.4 Å². The van der Waals surface area contributed by atoms with E-state index >= 15 is 0 Å². The minimum Gasteiger partial charge on any atom is -0.481 e. The fourth-order valence-corrected chi connectivity index (χ4v) is 3.98. The van der Waals surface area contributed by atoms with E-state index < -0.39 is 38.2 Å². The van der Waals surface area contributed by atoms with E-state index in [1.165, 1.54) is 36.4 Å². The number of rotatable bonds is 8. The van der Waals surface area contributed by atoms with Gasteiger partial charge in [0.05, 0.1) is 19.3 Å². The van der Waals surface area contributed by atoms with Gasteiger partial charge < -0.3 is 19.3 Å². The van der Waals surface area contributed by atoms with Gasteiger partial charge in [-0.25, -0.2) is 0 Å². The number of ether oxygens (including phenoxy) is 3. The minimum atomic E-state index is -4.74. The number of Topliss-reactive ketones (excluding diaryl/α,β-unsaturated/α-hetero) is 1. The van der Waals surface area contributed by atoms with Crippen molar-refractivity contribution in [3.05, 3.63) is 109 Å². The van der Waals surface area contributed by atoms with Crippen LogP contribution in [0.1, 0.15) is 36.0 Å². The van der Waals surface area contributed by atoms with Crippen LogP contribution >= 0.6 is 0 Å². The Hall–Kier alpha value is -5.88. The number of ketones is 1. The van der Waals surface area contributed by atoms with Crippen LogP contribution in [0.4, 0.5) is 44.0 Å². The van der Waals surface area contributed by atoms with Gasteiger partial charge in [0.1, 0.15) is 11.5 Å². The van der Waals surface area contributed by atoms with Crippen molar-refractivity contribution >= 4 is 31.2 Å². The molecule has 0 spiro atoms. The zero-order valence-corrected chi connectivity index (χ0v) is 26.8. The first-order valence-electron chi connectivity index (χ1n) is 14.6. The average Bonchev–Trinajstić information content (AvgIpc) is 3.45. The number of carbonyl (C=O) groups is 4. The van der Waals surface area contributed by atoms with Crippen LogP contribution in [0.3, 0.4) is 0 Å². The molecule has 1 fully saturated rings. The van der Waals surface area contributed by atoms with Gasteiger partial charge in [-0.3, -0.25) is 36.8 Å². The molecule has 0 atom stereocenters. The van der Waals surface area contributed by atoms with Gasteiger partial charge in [0, 0.05) is 12.0 Å². The Balaban J connectivity index is 0.000000417. The minimum absolute atomic E-state index is 0. The van der Waals surface area contributed by atoms with E-state index in [0.29, 0.717) is 16.7 Å². The maximum absolute atomic E-state index is 12.1. The van der Waals surface area contributed by atoms with Crippen LogP contribution < -0.4 is 9.47 Å². The number of cyclic esters (lactones) is 2. The Labute approximate surface area is 294 Å². The molecule has 8 nitrogen and oxygen atoms in total. The molecule has 284 valence electrons. The third-order valence-corrected chi connectivity index (χ3v) is 6.15. The summed E-state index contributed by atoms with van der Waals surface area (Å²) >= 11 is 0. The van der Waals surface area contributed by atoms with Crippen molar-refractivity contribution in [1.29, 1.82) is 0 Å². The molecule has 1 heterocycles. The normalized spacial score (nSPS) is 11.8. The van der Waals surface area contributed by atoms with Crippen LogP contribution in [0.15, 0.2) is 103 Å². The lowest BCUT2D eigenvalue weighted by Gasteiger charge is -2.09. The maximum Gasteiger partial charge on any atom is 0.762 e. The van der Waals surface area contributed by atoms with Crippen molar-refractivity contribution in [2.45, 2.75) is 38.4 Å². The van der Waals surface area contributed by atoms with Gasteiger partial charge in [0.15, 0.2) is 5.78 Å². The van der Waals surface area contributed by atoms with Crippen molar-refractivity contribution in [1.82, 2.24) is 0 Å².